The molecule has 0 aromatic carbocycles. The average molecular weight is 421 g/mol. The molecule has 0 heteroatoms. The summed E-state index contributed by atoms with van der Waals surface area (Å²) in [5, 5.41) is 0. The number of allylic oxidation sites excluding steroid dienone is 1. The normalized spacial score (nSPS) is 12.3. The smallest absolute Gasteiger partial charge is 0.0353 e. The maximum atomic E-state index is 3.80. The molecule has 0 heterocycles. The first-order valence-electron chi connectivity index (χ1n) is 14.4. The summed E-state index contributed by atoms with van der Waals surface area (Å²) in [6.07, 6.45) is 38.3. The molecule has 0 fully saturated rings. The Labute approximate surface area is 193 Å². The van der Waals surface area contributed by atoms with E-state index in [0.717, 1.165) is 5.92 Å². The lowest BCUT2D eigenvalue weighted by Crippen LogP contribution is -1.95. The van der Waals surface area contributed by atoms with Crippen molar-refractivity contribution in [1.82, 2.24) is 0 Å². The predicted molar refractivity (Wildman–Crippen MR) is 140 cm³/mol. The van der Waals surface area contributed by atoms with Gasteiger partial charge in [0.25, 0.3) is 0 Å². The van der Waals surface area contributed by atoms with Crippen molar-refractivity contribution < 1.29 is 0 Å². The first-order valence-corrected chi connectivity index (χ1v) is 14.4. The molecule has 0 aromatic rings. The monoisotopic (exact) mass is 420 g/mol. The Morgan fingerprint density at radius 3 is 1.10 bits per heavy atom. The van der Waals surface area contributed by atoms with Gasteiger partial charge in [-0.3, -0.25) is 0 Å². The zero-order chi connectivity index (χ0) is 22.0. The van der Waals surface area contributed by atoms with E-state index in [9.17, 15) is 0 Å². The molecule has 0 saturated heterocycles. The van der Waals surface area contributed by atoms with Crippen LogP contribution in [0.25, 0.3) is 0 Å². The fourth-order valence-corrected chi connectivity index (χ4v) is 4.67. The van der Waals surface area contributed by atoms with E-state index in [2.05, 4.69) is 26.5 Å². The molecule has 30 heavy (non-hydrogen) atoms. The van der Waals surface area contributed by atoms with Gasteiger partial charge in [0, 0.05) is 0 Å². The van der Waals surface area contributed by atoms with Crippen LogP contribution in [0.4, 0.5) is 0 Å². The van der Waals surface area contributed by atoms with Gasteiger partial charge < -0.3 is 0 Å². The summed E-state index contributed by atoms with van der Waals surface area (Å²) in [6.45, 7) is 8.59. The van der Waals surface area contributed by atoms with Crippen LogP contribution in [0, 0.1) is 5.92 Å². The van der Waals surface area contributed by atoms with Gasteiger partial charge in [0.05, 0.1) is 0 Å². The van der Waals surface area contributed by atoms with Gasteiger partial charge in [-0.25, -0.2) is 0 Å². The molecule has 180 valence electrons. The van der Waals surface area contributed by atoms with Gasteiger partial charge in [-0.1, -0.05) is 168 Å². The van der Waals surface area contributed by atoms with Gasteiger partial charge in [0.2, 0.25) is 0 Å². The lowest BCUT2D eigenvalue weighted by atomic mass is 9.95. The summed E-state index contributed by atoms with van der Waals surface area (Å²) >= 11 is 0. The first-order chi connectivity index (χ1) is 14.8. The van der Waals surface area contributed by atoms with Crippen LogP contribution in [0.1, 0.15) is 174 Å². The molecule has 0 bridgehead atoms. The lowest BCUT2D eigenvalue weighted by molar-refractivity contribution is 0.429. The Balaban J connectivity index is 3.13. The van der Waals surface area contributed by atoms with Crippen LogP contribution in [0.5, 0.6) is 0 Å². The van der Waals surface area contributed by atoms with Gasteiger partial charge >= 0.3 is 0 Å². The number of hydrogen-bond acceptors (Lipinski definition) is 0. The third-order valence-corrected chi connectivity index (χ3v) is 6.91. The zero-order valence-electron chi connectivity index (χ0n) is 21.5. The van der Waals surface area contributed by atoms with Crippen molar-refractivity contribution in [2.45, 2.75) is 174 Å². The van der Waals surface area contributed by atoms with Crippen LogP contribution < -0.4 is 0 Å². The Bertz CT molecular complexity index is 305. The summed E-state index contributed by atoms with van der Waals surface area (Å²) < 4.78 is 0. The maximum Gasteiger partial charge on any atom is -0.0353 e. The highest BCUT2D eigenvalue weighted by atomic mass is 14.1. The number of hydrogen-bond donors (Lipinski definition) is 0. The quantitative estimate of drug-likeness (QED) is 0.0963. The topological polar surface area (TPSA) is 0 Å². The van der Waals surface area contributed by atoms with E-state index in [0.29, 0.717) is 0 Å². The molecule has 0 radical (unpaired) electrons. The second-order valence-electron chi connectivity index (χ2n) is 10.2. The van der Waals surface area contributed by atoms with E-state index in [1.807, 2.05) is 0 Å². The standard InChI is InChI=1S/C30H60/c1-4-6-8-10-12-14-16-18-20-22-24-26-28-30(3)29-27-25-23-21-19-17-15-13-11-9-7-5-2/h4,30H,1,5-29H2,2-3H3. The van der Waals surface area contributed by atoms with Gasteiger partial charge in [-0.05, 0) is 18.8 Å². The molecular weight excluding hydrogens is 360 g/mol. The highest BCUT2D eigenvalue weighted by Crippen LogP contribution is 2.19. The minimum atomic E-state index is 0.962. The highest BCUT2D eigenvalue weighted by Gasteiger charge is 2.02. The Morgan fingerprint density at radius 1 is 0.467 bits per heavy atom. The van der Waals surface area contributed by atoms with Crippen molar-refractivity contribution in [2.24, 2.45) is 5.92 Å². The van der Waals surface area contributed by atoms with Gasteiger partial charge in [0.1, 0.15) is 0 Å². The van der Waals surface area contributed by atoms with Crippen LogP contribution in [0.3, 0.4) is 0 Å². The number of rotatable bonds is 26. The fourth-order valence-electron chi connectivity index (χ4n) is 4.67. The van der Waals surface area contributed by atoms with Crippen LogP contribution in [0.2, 0.25) is 0 Å². The molecule has 1 unspecified atom stereocenters. The molecule has 0 aliphatic carbocycles. The molecule has 0 nitrogen and oxygen atoms in total. The van der Waals surface area contributed by atoms with E-state index in [-0.39, 0.29) is 0 Å². The van der Waals surface area contributed by atoms with Gasteiger partial charge in [-0.2, -0.15) is 0 Å². The van der Waals surface area contributed by atoms with E-state index < -0.39 is 0 Å². The average Bonchev–Trinajstić information content (AvgIpc) is 2.75. The van der Waals surface area contributed by atoms with E-state index in [1.165, 1.54) is 161 Å². The minimum absolute atomic E-state index is 0.962. The van der Waals surface area contributed by atoms with Crippen molar-refractivity contribution in [1.29, 1.82) is 0 Å². The summed E-state index contributed by atoms with van der Waals surface area (Å²) in [4.78, 5) is 0. The van der Waals surface area contributed by atoms with Gasteiger partial charge in [0.15, 0.2) is 0 Å². The van der Waals surface area contributed by atoms with Crippen LogP contribution in [-0.4, -0.2) is 0 Å². The molecule has 0 amide bonds. The Kier molecular flexibility index (Phi) is 26.5. The molecular formula is C30H60. The third-order valence-electron chi connectivity index (χ3n) is 6.91. The van der Waals surface area contributed by atoms with Crippen molar-refractivity contribution in [3.63, 3.8) is 0 Å². The minimum Gasteiger partial charge on any atom is -0.103 e. The van der Waals surface area contributed by atoms with E-state index in [1.54, 1.807) is 0 Å². The lowest BCUT2D eigenvalue weighted by Gasteiger charge is -2.11. The van der Waals surface area contributed by atoms with Crippen molar-refractivity contribution in [3.8, 4) is 0 Å². The zero-order valence-corrected chi connectivity index (χ0v) is 21.5. The SMILES string of the molecule is C=CCCCCCCCCCCCCC(C)CCCCCCCCCCCCCC. The molecule has 0 aliphatic heterocycles. The van der Waals surface area contributed by atoms with Crippen molar-refractivity contribution in [2.75, 3.05) is 0 Å². The van der Waals surface area contributed by atoms with Crippen LogP contribution >= 0.6 is 0 Å². The van der Waals surface area contributed by atoms with Crippen LogP contribution in [0.15, 0.2) is 12.7 Å². The summed E-state index contributed by atoms with van der Waals surface area (Å²) in [6, 6.07) is 0. The second kappa shape index (κ2) is 26.8. The molecule has 0 N–H and O–H groups in total. The van der Waals surface area contributed by atoms with Gasteiger partial charge in [-0.15, -0.1) is 6.58 Å². The maximum absolute atomic E-state index is 3.80. The van der Waals surface area contributed by atoms with Crippen molar-refractivity contribution in [3.05, 3.63) is 12.7 Å². The predicted octanol–water partition coefficient (Wildman–Crippen LogP) is 11.6. The van der Waals surface area contributed by atoms with Crippen molar-refractivity contribution >= 4 is 0 Å². The summed E-state index contributed by atoms with van der Waals surface area (Å²) in [7, 11) is 0. The first kappa shape index (κ1) is 29.7. The fraction of sp³-hybridized carbons (Fsp3) is 0.933. The molecule has 0 aromatic heterocycles. The summed E-state index contributed by atoms with van der Waals surface area (Å²) in [5.41, 5.74) is 0. The largest absolute Gasteiger partial charge is 0.103 e. The Hall–Kier alpha value is -0.260. The van der Waals surface area contributed by atoms with E-state index >= 15 is 0 Å². The summed E-state index contributed by atoms with van der Waals surface area (Å²) in [5.74, 6) is 0.962. The third kappa shape index (κ3) is 25.8. The highest BCUT2D eigenvalue weighted by molar-refractivity contribution is 4.65. The molecule has 0 spiro atoms. The molecule has 0 aliphatic rings. The second-order valence-corrected chi connectivity index (χ2v) is 10.2. The molecule has 1 atom stereocenters. The Morgan fingerprint density at radius 2 is 0.767 bits per heavy atom. The molecule has 0 rings (SSSR count). The van der Waals surface area contributed by atoms with E-state index in [4.69, 9.17) is 0 Å². The van der Waals surface area contributed by atoms with Crippen LogP contribution in [-0.2, 0) is 0 Å². The molecule has 0 saturated carbocycles. The number of unbranched alkanes of at least 4 members (excludes halogenated alkanes) is 21.